The number of aliphatic hydroxyl groups excluding tert-OH is 1. The fraction of sp³-hybridized carbons (Fsp3) is 0.600. The van der Waals surface area contributed by atoms with Gasteiger partial charge in [0, 0.05) is 6.54 Å². The van der Waals surface area contributed by atoms with E-state index in [4.69, 9.17) is 4.74 Å². The average Bonchev–Trinajstić information content (AvgIpc) is 2.60. The van der Waals surface area contributed by atoms with Crippen LogP contribution in [0.2, 0.25) is 0 Å². The van der Waals surface area contributed by atoms with Gasteiger partial charge in [-0.1, -0.05) is 6.92 Å². The van der Waals surface area contributed by atoms with Gasteiger partial charge in [-0.15, -0.1) is 0 Å². The molecular formula is C10H16N2O3. The van der Waals surface area contributed by atoms with Gasteiger partial charge in [-0.2, -0.15) is 5.10 Å². The maximum Gasteiger partial charge on any atom is 0.212 e. The molecule has 15 heavy (non-hydrogen) atoms. The fourth-order valence-corrected chi connectivity index (χ4v) is 1.35. The van der Waals surface area contributed by atoms with Gasteiger partial charge < -0.3 is 9.84 Å². The van der Waals surface area contributed by atoms with Gasteiger partial charge >= 0.3 is 0 Å². The summed E-state index contributed by atoms with van der Waals surface area (Å²) in [6.07, 6.45) is 1.32. The Morgan fingerprint density at radius 1 is 1.73 bits per heavy atom. The van der Waals surface area contributed by atoms with Gasteiger partial charge in [0.05, 0.1) is 13.3 Å². The van der Waals surface area contributed by atoms with E-state index in [1.165, 1.54) is 20.2 Å². The standard InChI is InChI=1S/C10H16N2O3/c1-4-5-12-9(10(14)7(2)13)8(15-3)6-11-12/h6-7,13H,4-5H2,1-3H3. The van der Waals surface area contributed by atoms with Crippen molar-refractivity contribution >= 4 is 5.78 Å². The predicted octanol–water partition coefficient (Wildman–Crippen LogP) is 0.865. The van der Waals surface area contributed by atoms with Crippen LogP contribution in [0.4, 0.5) is 0 Å². The first-order valence-corrected chi connectivity index (χ1v) is 4.93. The van der Waals surface area contributed by atoms with Crippen molar-refractivity contribution in [1.29, 1.82) is 0 Å². The van der Waals surface area contributed by atoms with Crippen LogP contribution in [0.5, 0.6) is 5.75 Å². The van der Waals surface area contributed by atoms with Gasteiger partial charge in [0.25, 0.3) is 0 Å². The first-order chi connectivity index (χ1) is 7.11. The van der Waals surface area contributed by atoms with Crippen molar-refractivity contribution in [3.8, 4) is 5.75 Å². The van der Waals surface area contributed by atoms with Crippen LogP contribution in [0.25, 0.3) is 0 Å². The van der Waals surface area contributed by atoms with Crippen LogP contribution in [0, 0.1) is 0 Å². The highest BCUT2D eigenvalue weighted by atomic mass is 16.5. The summed E-state index contributed by atoms with van der Waals surface area (Å²) in [5, 5.41) is 13.3. The Hall–Kier alpha value is -1.36. The van der Waals surface area contributed by atoms with E-state index in [9.17, 15) is 9.90 Å². The SMILES string of the molecule is CCCn1ncc(OC)c1C(=O)C(C)O. The molecule has 1 aromatic heterocycles. The van der Waals surface area contributed by atoms with Gasteiger partial charge in [0.15, 0.2) is 5.75 Å². The Bertz CT molecular complexity index is 344. The highest BCUT2D eigenvalue weighted by Crippen LogP contribution is 2.19. The molecule has 0 bridgehead atoms. The normalized spacial score (nSPS) is 12.5. The quantitative estimate of drug-likeness (QED) is 0.735. The number of hydrogen-bond acceptors (Lipinski definition) is 4. The van der Waals surface area contributed by atoms with Crippen LogP contribution in [-0.2, 0) is 6.54 Å². The number of methoxy groups -OCH3 is 1. The van der Waals surface area contributed by atoms with E-state index in [-0.39, 0.29) is 5.78 Å². The third-order valence-corrected chi connectivity index (χ3v) is 2.07. The lowest BCUT2D eigenvalue weighted by molar-refractivity contribution is 0.0764. The number of ether oxygens (including phenoxy) is 1. The lowest BCUT2D eigenvalue weighted by Crippen LogP contribution is -2.21. The number of Topliss-reactive ketones (excluding diaryl/α,β-unsaturated/α-hetero) is 1. The molecule has 0 amide bonds. The third kappa shape index (κ3) is 2.36. The van der Waals surface area contributed by atoms with Gasteiger partial charge in [-0.05, 0) is 13.3 Å². The molecular weight excluding hydrogens is 196 g/mol. The van der Waals surface area contributed by atoms with Crippen LogP contribution < -0.4 is 4.74 Å². The molecule has 84 valence electrons. The molecule has 1 aromatic rings. The van der Waals surface area contributed by atoms with E-state index in [1.54, 1.807) is 4.68 Å². The summed E-state index contributed by atoms with van der Waals surface area (Å²) < 4.78 is 6.59. The number of nitrogens with zero attached hydrogens (tertiary/aromatic N) is 2. The number of aliphatic hydroxyl groups is 1. The minimum absolute atomic E-state index is 0.342. The van der Waals surface area contributed by atoms with Crippen molar-refractivity contribution in [2.24, 2.45) is 0 Å². The van der Waals surface area contributed by atoms with Crippen molar-refractivity contribution in [2.45, 2.75) is 32.9 Å². The second-order valence-corrected chi connectivity index (χ2v) is 3.32. The largest absolute Gasteiger partial charge is 0.493 e. The fourth-order valence-electron chi connectivity index (χ4n) is 1.35. The molecule has 1 unspecified atom stereocenters. The molecule has 0 aromatic carbocycles. The smallest absolute Gasteiger partial charge is 0.212 e. The molecule has 0 fully saturated rings. The van der Waals surface area contributed by atoms with E-state index in [0.717, 1.165) is 6.42 Å². The van der Waals surface area contributed by atoms with E-state index in [1.807, 2.05) is 6.92 Å². The van der Waals surface area contributed by atoms with Gasteiger partial charge in [0.1, 0.15) is 11.8 Å². The second kappa shape index (κ2) is 4.93. The number of ketones is 1. The number of hydrogen-bond donors (Lipinski definition) is 1. The van der Waals surface area contributed by atoms with Gasteiger partial charge in [0.2, 0.25) is 5.78 Å². The lowest BCUT2D eigenvalue weighted by Gasteiger charge is -2.08. The molecule has 0 saturated carbocycles. The number of carbonyl (C=O) groups excluding carboxylic acids is 1. The number of aromatic nitrogens is 2. The Labute approximate surface area is 88.7 Å². The summed E-state index contributed by atoms with van der Waals surface area (Å²) in [6.45, 7) is 4.06. The predicted molar refractivity (Wildman–Crippen MR) is 55.1 cm³/mol. The molecule has 5 heteroatoms. The summed E-state index contributed by atoms with van der Waals surface area (Å²) >= 11 is 0. The summed E-state index contributed by atoms with van der Waals surface area (Å²) in [4.78, 5) is 11.7. The summed E-state index contributed by atoms with van der Waals surface area (Å²) in [5.41, 5.74) is 0.342. The second-order valence-electron chi connectivity index (χ2n) is 3.32. The zero-order valence-electron chi connectivity index (χ0n) is 9.23. The van der Waals surface area contributed by atoms with Crippen molar-refractivity contribution in [1.82, 2.24) is 9.78 Å². The third-order valence-electron chi connectivity index (χ3n) is 2.07. The zero-order valence-corrected chi connectivity index (χ0v) is 9.23. The summed E-state index contributed by atoms with van der Waals surface area (Å²) in [5.74, 6) is 0.0483. The molecule has 0 saturated heterocycles. The van der Waals surface area contributed by atoms with Gasteiger partial charge in [-0.25, -0.2) is 0 Å². The molecule has 0 aliphatic heterocycles. The molecule has 0 aliphatic carbocycles. The van der Waals surface area contributed by atoms with Crippen LogP contribution in [0.15, 0.2) is 6.20 Å². The Balaban J connectivity index is 3.10. The lowest BCUT2D eigenvalue weighted by atomic mass is 10.2. The average molecular weight is 212 g/mol. The minimum Gasteiger partial charge on any atom is -0.493 e. The van der Waals surface area contributed by atoms with Crippen molar-refractivity contribution in [3.05, 3.63) is 11.9 Å². The maximum absolute atomic E-state index is 11.7. The van der Waals surface area contributed by atoms with Crippen molar-refractivity contribution in [2.75, 3.05) is 7.11 Å². The molecule has 1 heterocycles. The molecule has 1 atom stereocenters. The van der Waals surface area contributed by atoms with E-state index in [0.29, 0.717) is 18.0 Å². The molecule has 1 rings (SSSR count). The van der Waals surface area contributed by atoms with E-state index >= 15 is 0 Å². The number of aryl methyl sites for hydroxylation is 1. The number of rotatable bonds is 5. The molecule has 5 nitrogen and oxygen atoms in total. The number of carbonyl (C=O) groups is 1. The van der Waals surface area contributed by atoms with Crippen LogP contribution in [-0.4, -0.2) is 33.9 Å². The Kier molecular flexibility index (Phi) is 3.85. The molecule has 0 radical (unpaired) electrons. The van der Waals surface area contributed by atoms with E-state index < -0.39 is 6.10 Å². The topological polar surface area (TPSA) is 64.4 Å². The molecule has 1 N–H and O–H groups in total. The van der Waals surface area contributed by atoms with Crippen LogP contribution in [0.1, 0.15) is 30.8 Å². The first kappa shape index (κ1) is 11.7. The molecule has 0 spiro atoms. The Morgan fingerprint density at radius 2 is 2.40 bits per heavy atom. The maximum atomic E-state index is 11.7. The van der Waals surface area contributed by atoms with Crippen LogP contribution >= 0.6 is 0 Å². The van der Waals surface area contributed by atoms with Crippen molar-refractivity contribution < 1.29 is 14.6 Å². The first-order valence-electron chi connectivity index (χ1n) is 4.93. The highest BCUT2D eigenvalue weighted by Gasteiger charge is 2.22. The summed E-state index contributed by atoms with van der Waals surface area (Å²) in [6, 6.07) is 0. The molecule has 0 aliphatic rings. The van der Waals surface area contributed by atoms with Crippen LogP contribution in [0.3, 0.4) is 0 Å². The van der Waals surface area contributed by atoms with Gasteiger partial charge in [-0.3, -0.25) is 9.48 Å². The van der Waals surface area contributed by atoms with E-state index in [2.05, 4.69) is 5.10 Å². The summed E-state index contributed by atoms with van der Waals surface area (Å²) in [7, 11) is 1.48. The van der Waals surface area contributed by atoms with Crippen molar-refractivity contribution in [3.63, 3.8) is 0 Å². The Morgan fingerprint density at radius 3 is 2.87 bits per heavy atom. The zero-order chi connectivity index (χ0) is 11.4. The highest BCUT2D eigenvalue weighted by molar-refractivity contribution is 5.99. The monoisotopic (exact) mass is 212 g/mol. The minimum atomic E-state index is -1.04.